The zero-order valence-corrected chi connectivity index (χ0v) is 21.6. The molecule has 0 rings (SSSR count). The second-order valence-corrected chi connectivity index (χ2v) is 13.8. The van der Waals surface area contributed by atoms with E-state index in [0.29, 0.717) is 0 Å². The molecule has 0 nitrogen and oxygen atoms in total. The molecule has 0 radical (unpaired) electrons. The van der Waals surface area contributed by atoms with Crippen LogP contribution in [-0.2, 0) is 0 Å². The highest BCUT2D eigenvalue weighted by molar-refractivity contribution is 6.88. The van der Waals surface area contributed by atoms with Gasteiger partial charge in [0, 0.05) is 0 Å². The summed E-state index contributed by atoms with van der Waals surface area (Å²) in [5, 5.41) is 0. The summed E-state index contributed by atoms with van der Waals surface area (Å²) in [6, 6.07) is 2.79. The monoisotopic (exact) mass is 420 g/mol. The van der Waals surface area contributed by atoms with Crippen molar-refractivity contribution in [2.24, 2.45) is 0 Å². The van der Waals surface area contributed by atoms with E-state index in [-0.39, 0.29) is 0 Å². The number of hydrogen-bond donors (Lipinski definition) is 0. The van der Waals surface area contributed by atoms with Gasteiger partial charge in [-0.2, -0.15) is 0 Å². The largest absolute Gasteiger partial charge is 0.107 e. The first-order valence-corrected chi connectivity index (χ1v) is 16.1. The molecule has 0 heterocycles. The Labute approximate surface area is 187 Å². The molecular weight excluding hydrogens is 364 g/mol. The molecule has 0 saturated carbocycles. The fraction of sp³-hybridized carbons (Fsp3) is 0.857. The highest BCUT2D eigenvalue weighted by Gasteiger charge is 2.24. The summed E-state index contributed by atoms with van der Waals surface area (Å²) in [7, 11) is -1.40. The highest BCUT2D eigenvalue weighted by Crippen LogP contribution is 2.26. The quantitative estimate of drug-likeness (QED) is 0.107. The maximum atomic E-state index is 4.22. The van der Waals surface area contributed by atoms with E-state index in [1.54, 1.807) is 0 Å². The first-order chi connectivity index (χ1) is 14.2. The van der Waals surface area contributed by atoms with Crippen LogP contribution < -0.4 is 0 Å². The Bertz CT molecular complexity index is 312. The molecule has 0 saturated heterocycles. The lowest BCUT2D eigenvalue weighted by Crippen LogP contribution is -2.29. The fourth-order valence-corrected chi connectivity index (χ4v) is 7.55. The van der Waals surface area contributed by atoms with E-state index in [2.05, 4.69) is 38.4 Å². The van der Waals surface area contributed by atoms with Gasteiger partial charge in [0.25, 0.3) is 0 Å². The topological polar surface area (TPSA) is 0 Å². The van der Waals surface area contributed by atoms with E-state index in [1.807, 2.05) is 0 Å². The van der Waals surface area contributed by atoms with Crippen molar-refractivity contribution in [3.63, 3.8) is 0 Å². The van der Waals surface area contributed by atoms with Crippen molar-refractivity contribution in [2.75, 3.05) is 0 Å². The van der Waals surface area contributed by atoms with E-state index in [1.165, 1.54) is 141 Å². The Hall–Kier alpha value is -0.303. The summed E-state index contributed by atoms with van der Waals surface area (Å²) in [4.78, 5) is 0. The maximum Gasteiger partial charge on any atom is 0.100 e. The minimum atomic E-state index is -1.40. The van der Waals surface area contributed by atoms with Crippen molar-refractivity contribution in [3.8, 4) is 0 Å². The Kier molecular flexibility index (Phi) is 22.1. The van der Waals surface area contributed by atoms with Crippen molar-refractivity contribution in [2.45, 2.75) is 154 Å². The van der Waals surface area contributed by atoms with Crippen molar-refractivity contribution in [3.05, 3.63) is 24.6 Å². The molecule has 0 aliphatic heterocycles. The summed E-state index contributed by atoms with van der Waals surface area (Å²) in [5.74, 6) is 0. The molecule has 0 unspecified atom stereocenters. The van der Waals surface area contributed by atoms with E-state index in [0.717, 1.165) is 0 Å². The van der Waals surface area contributed by atoms with Crippen LogP contribution in [0.2, 0.25) is 12.1 Å². The number of hydrogen-bond acceptors (Lipinski definition) is 0. The van der Waals surface area contributed by atoms with Crippen LogP contribution in [0.25, 0.3) is 0 Å². The summed E-state index contributed by atoms with van der Waals surface area (Å²) in [6.45, 7) is 13.0. The van der Waals surface area contributed by atoms with Crippen molar-refractivity contribution < 1.29 is 0 Å². The second-order valence-electron chi connectivity index (χ2n) is 9.51. The van der Waals surface area contributed by atoms with Gasteiger partial charge in [-0.05, 0) is 0 Å². The molecule has 0 bridgehead atoms. The highest BCUT2D eigenvalue weighted by atomic mass is 28.3. The first-order valence-electron chi connectivity index (χ1n) is 13.5. The first kappa shape index (κ1) is 28.7. The van der Waals surface area contributed by atoms with E-state index >= 15 is 0 Å². The zero-order valence-electron chi connectivity index (χ0n) is 20.6. The molecular formula is C28H56Si. The second kappa shape index (κ2) is 22.4. The third-order valence-electron chi connectivity index (χ3n) is 6.80. The Morgan fingerprint density at radius 2 is 0.655 bits per heavy atom. The summed E-state index contributed by atoms with van der Waals surface area (Å²) in [5.41, 5.74) is 4.67. The lowest BCUT2D eigenvalue weighted by Gasteiger charge is -2.24. The Morgan fingerprint density at radius 1 is 0.414 bits per heavy atom. The minimum absolute atomic E-state index is 1.36. The van der Waals surface area contributed by atoms with E-state index in [4.69, 9.17) is 0 Å². The van der Waals surface area contributed by atoms with Gasteiger partial charge in [-0.3, -0.25) is 0 Å². The van der Waals surface area contributed by atoms with Gasteiger partial charge in [0.15, 0.2) is 0 Å². The molecule has 0 amide bonds. The molecule has 0 aromatic rings. The number of unbranched alkanes of at least 4 members (excludes halogenated alkanes) is 18. The van der Waals surface area contributed by atoms with Crippen LogP contribution in [0.3, 0.4) is 0 Å². The van der Waals surface area contributed by atoms with Gasteiger partial charge in [-0.15, -0.1) is 13.2 Å². The van der Waals surface area contributed by atoms with Crippen molar-refractivity contribution in [1.29, 1.82) is 0 Å². The van der Waals surface area contributed by atoms with Crippen molar-refractivity contribution in [1.82, 2.24) is 0 Å². The third kappa shape index (κ3) is 18.2. The normalized spacial score (nSPS) is 11.7. The third-order valence-corrected chi connectivity index (χ3v) is 11.0. The smallest absolute Gasteiger partial charge is 0.100 e. The van der Waals surface area contributed by atoms with Crippen LogP contribution in [-0.4, -0.2) is 8.07 Å². The van der Waals surface area contributed by atoms with Gasteiger partial charge in [-0.25, -0.2) is 0 Å². The predicted octanol–water partition coefficient (Wildman–Crippen LogP) is 10.7. The number of rotatable bonds is 24. The molecule has 29 heavy (non-hydrogen) atoms. The van der Waals surface area contributed by atoms with Crippen LogP contribution in [0.5, 0.6) is 0 Å². The standard InChI is InChI=1S/C28H56Si/c1-5-9-11-13-15-17-19-21-23-25-27-29(7-3,8-4)28-26-24-22-20-18-16-14-12-10-6-2/h7-8H,3-6,9-28H2,1-2H3. The van der Waals surface area contributed by atoms with Gasteiger partial charge >= 0.3 is 0 Å². The van der Waals surface area contributed by atoms with Gasteiger partial charge in [-0.1, -0.05) is 166 Å². The average Bonchev–Trinajstić information content (AvgIpc) is 2.75. The molecule has 0 aromatic carbocycles. The fourth-order valence-electron chi connectivity index (χ4n) is 4.50. The summed E-state index contributed by atoms with van der Waals surface area (Å²) in [6.07, 6.45) is 28.6. The Morgan fingerprint density at radius 3 is 0.897 bits per heavy atom. The summed E-state index contributed by atoms with van der Waals surface area (Å²) >= 11 is 0. The molecule has 0 atom stereocenters. The molecule has 0 spiro atoms. The van der Waals surface area contributed by atoms with Gasteiger partial charge < -0.3 is 0 Å². The minimum Gasteiger partial charge on any atom is -0.107 e. The molecule has 1 heteroatoms. The lowest BCUT2D eigenvalue weighted by molar-refractivity contribution is 0.559. The van der Waals surface area contributed by atoms with Crippen LogP contribution >= 0.6 is 0 Å². The Balaban J connectivity index is 3.66. The average molecular weight is 421 g/mol. The maximum absolute atomic E-state index is 4.22. The summed E-state index contributed by atoms with van der Waals surface area (Å²) < 4.78 is 0. The molecule has 0 aromatic heterocycles. The lowest BCUT2D eigenvalue weighted by atomic mass is 10.1. The van der Waals surface area contributed by atoms with Gasteiger partial charge in [0.05, 0.1) is 0 Å². The molecule has 0 N–H and O–H groups in total. The molecule has 172 valence electrons. The molecule has 0 aliphatic rings. The molecule has 0 fully saturated rings. The van der Waals surface area contributed by atoms with Crippen molar-refractivity contribution >= 4 is 8.07 Å². The predicted molar refractivity (Wildman–Crippen MR) is 139 cm³/mol. The zero-order chi connectivity index (χ0) is 21.5. The van der Waals surface area contributed by atoms with Crippen LogP contribution in [0.1, 0.15) is 142 Å². The van der Waals surface area contributed by atoms with Crippen LogP contribution in [0, 0.1) is 0 Å². The van der Waals surface area contributed by atoms with Crippen LogP contribution in [0.4, 0.5) is 0 Å². The SMILES string of the molecule is C=C[Si](C=C)(CCCCCCCCCCCC)CCCCCCCCCCCC. The molecule has 0 aliphatic carbocycles. The van der Waals surface area contributed by atoms with Gasteiger partial charge in [0.2, 0.25) is 0 Å². The van der Waals surface area contributed by atoms with Crippen LogP contribution in [0.15, 0.2) is 24.6 Å². The van der Waals surface area contributed by atoms with E-state index in [9.17, 15) is 0 Å². The van der Waals surface area contributed by atoms with E-state index < -0.39 is 8.07 Å². The van der Waals surface area contributed by atoms with Gasteiger partial charge in [0.1, 0.15) is 8.07 Å².